The molecule has 0 amide bonds. The largest absolute Gasteiger partial charge is 0.392 e. The van der Waals surface area contributed by atoms with Crippen molar-refractivity contribution in [1.29, 1.82) is 5.53 Å². The second kappa shape index (κ2) is 4.04. The Hall–Kier alpha value is -0.130. The average molecular weight is 211 g/mol. The quantitative estimate of drug-likeness (QED) is 0.405. The lowest BCUT2D eigenvalue weighted by Crippen LogP contribution is -1.91. The maximum Gasteiger partial charge on any atom is 0.138 e. The van der Waals surface area contributed by atoms with Crippen LogP contribution < -0.4 is 5.32 Å². The Bertz CT molecular complexity index is 88.2. The van der Waals surface area contributed by atoms with Gasteiger partial charge in [-0.05, 0) is 22.6 Å². The van der Waals surface area contributed by atoms with E-state index in [4.69, 9.17) is 5.53 Å². The molecule has 0 aliphatic carbocycles. The van der Waals surface area contributed by atoms with Crippen LogP contribution in [0.2, 0.25) is 0 Å². The number of nitrogens with one attached hydrogen (secondary N) is 2. The summed E-state index contributed by atoms with van der Waals surface area (Å²) < 4.78 is 0.653. The maximum atomic E-state index is 6.42. The first-order valence-corrected chi connectivity index (χ1v) is 2.79. The number of nitrogens with zero attached hydrogens (tertiary/aromatic N) is 1. The Kier molecular flexibility index (Phi) is 3.97. The van der Waals surface area contributed by atoms with Crippen LogP contribution in [0.15, 0.2) is 15.0 Å². The molecule has 0 radical (unpaired) electrons. The first-order valence-electron chi connectivity index (χ1n) is 1.71. The van der Waals surface area contributed by atoms with Gasteiger partial charge in [-0.3, -0.25) is 0 Å². The monoisotopic (exact) mass is 211 g/mol. The van der Waals surface area contributed by atoms with Crippen molar-refractivity contribution in [3.05, 3.63) is 9.90 Å². The molecule has 0 saturated heterocycles. The highest BCUT2D eigenvalue weighted by Gasteiger charge is 1.76. The van der Waals surface area contributed by atoms with Gasteiger partial charge in [-0.2, -0.15) is 5.11 Å². The molecule has 4 heteroatoms. The van der Waals surface area contributed by atoms with E-state index in [0.29, 0.717) is 3.70 Å². The molecular formula is C3H6IN3. The lowest BCUT2D eigenvalue weighted by Gasteiger charge is -1.83. The normalized spacial score (nSPS) is 10.9. The fourth-order valence-electron chi connectivity index (χ4n) is 0.151. The molecule has 0 spiro atoms. The summed E-state index contributed by atoms with van der Waals surface area (Å²) in [6.45, 7) is 0. The Morgan fingerprint density at radius 1 is 2.00 bits per heavy atom. The highest BCUT2D eigenvalue weighted by Crippen LogP contribution is 2.02. The van der Waals surface area contributed by atoms with Crippen LogP contribution in [0.25, 0.3) is 0 Å². The highest BCUT2D eigenvalue weighted by molar-refractivity contribution is 14.1. The van der Waals surface area contributed by atoms with Crippen molar-refractivity contribution in [3.63, 3.8) is 0 Å². The molecule has 0 unspecified atom stereocenters. The summed E-state index contributed by atoms with van der Waals surface area (Å²) in [6.07, 6.45) is 1.65. The third-order valence-corrected chi connectivity index (χ3v) is 0.923. The van der Waals surface area contributed by atoms with E-state index >= 15 is 0 Å². The summed E-state index contributed by atoms with van der Waals surface area (Å²) in [4.78, 5) is 0. The van der Waals surface area contributed by atoms with E-state index in [1.807, 2.05) is 22.6 Å². The summed E-state index contributed by atoms with van der Waals surface area (Å²) in [7, 11) is 1.77. The molecule has 0 aromatic heterocycles. The fraction of sp³-hybridized carbons (Fsp3) is 0.333. The predicted molar refractivity (Wildman–Crippen MR) is 36.3 cm³/mol. The van der Waals surface area contributed by atoms with Crippen LogP contribution in [0.1, 0.15) is 0 Å². The summed E-state index contributed by atoms with van der Waals surface area (Å²) in [6, 6.07) is 0. The van der Waals surface area contributed by atoms with Crippen molar-refractivity contribution >= 4 is 22.6 Å². The maximum absolute atomic E-state index is 6.42. The van der Waals surface area contributed by atoms with Gasteiger partial charge in [-0.25, -0.2) is 5.53 Å². The van der Waals surface area contributed by atoms with Gasteiger partial charge in [0.15, 0.2) is 0 Å². The molecular weight excluding hydrogens is 205 g/mol. The summed E-state index contributed by atoms with van der Waals surface area (Å²) in [5.41, 5.74) is 6.42. The van der Waals surface area contributed by atoms with Gasteiger partial charge in [0, 0.05) is 13.2 Å². The minimum Gasteiger partial charge on any atom is -0.392 e. The van der Waals surface area contributed by atoms with Crippen LogP contribution in [-0.2, 0) is 0 Å². The number of hydrogen-bond donors (Lipinski definition) is 2. The lowest BCUT2D eigenvalue weighted by atomic mass is 10.9. The van der Waals surface area contributed by atoms with E-state index < -0.39 is 0 Å². The van der Waals surface area contributed by atoms with Crippen molar-refractivity contribution in [3.8, 4) is 0 Å². The Morgan fingerprint density at radius 3 is 2.71 bits per heavy atom. The topological polar surface area (TPSA) is 48.2 Å². The van der Waals surface area contributed by atoms with Crippen molar-refractivity contribution in [2.75, 3.05) is 7.05 Å². The zero-order chi connectivity index (χ0) is 5.70. The van der Waals surface area contributed by atoms with Crippen molar-refractivity contribution in [2.24, 2.45) is 5.11 Å². The molecule has 0 atom stereocenters. The third-order valence-electron chi connectivity index (χ3n) is 0.370. The Morgan fingerprint density at radius 2 is 2.57 bits per heavy atom. The SMILES string of the molecule is CN/C=C(/I)N=N. The van der Waals surface area contributed by atoms with Crippen molar-refractivity contribution in [2.45, 2.75) is 0 Å². The lowest BCUT2D eigenvalue weighted by molar-refractivity contribution is 1.05. The van der Waals surface area contributed by atoms with Gasteiger partial charge in [-0.1, -0.05) is 0 Å². The highest BCUT2D eigenvalue weighted by atomic mass is 127. The van der Waals surface area contributed by atoms with E-state index in [1.165, 1.54) is 0 Å². The van der Waals surface area contributed by atoms with Crippen molar-refractivity contribution < 1.29 is 0 Å². The predicted octanol–water partition coefficient (Wildman–Crippen LogP) is 1.47. The Balaban J connectivity index is 3.49. The molecule has 2 N–H and O–H groups in total. The van der Waals surface area contributed by atoms with Gasteiger partial charge < -0.3 is 5.32 Å². The van der Waals surface area contributed by atoms with Crippen LogP contribution in [-0.4, -0.2) is 7.05 Å². The number of rotatable bonds is 2. The van der Waals surface area contributed by atoms with Crippen LogP contribution in [0.5, 0.6) is 0 Å². The van der Waals surface area contributed by atoms with Crippen molar-refractivity contribution in [1.82, 2.24) is 5.32 Å². The van der Waals surface area contributed by atoms with Gasteiger partial charge in [0.05, 0.1) is 0 Å². The smallest absolute Gasteiger partial charge is 0.138 e. The summed E-state index contributed by atoms with van der Waals surface area (Å²) >= 11 is 1.95. The van der Waals surface area contributed by atoms with E-state index in [1.54, 1.807) is 13.2 Å². The van der Waals surface area contributed by atoms with Crippen LogP contribution in [0, 0.1) is 5.53 Å². The van der Waals surface area contributed by atoms with Gasteiger partial charge >= 0.3 is 0 Å². The zero-order valence-corrected chi connectivity index (χ0v) is 6.06. The van der Waals surface area contributed by atoms with E-state index in [9.17, 15) is 0 Å². The van der Waals surface area contributed by atoms with Crippen LogP contribution in [0.3, 0.4) is 0 Å². The number of halogens is 1. The minimum absolute atomic E-state index is 0.653. The third kappa shape index (κ3) is 3.71. The molecule has 0 aliphatic heterocycles. The minimum atomic E-state index is 0.653. The first kappa shape index (κ1) is 6.87. The van der Waals surface area contributed by atoms with Gasteiger partial charge in [0.1, 0.15) is 3.70 Å². The zero-order valence-electron chi connectivity index (χ0n) is 3.90. The first-order chi connectivity index (χ1) is 3.31. The molecule has 40 valence electrons. The Labute approximate surface area is 55.8 Å². The standard InChI is InChI=1S/C3H6IN3/c1-6-2-3(4)7-5/h2,5-6H,1H3/b3-2-,7-5?. The average Bonchev–Trinajstić information content (AvgIpc) is 1.68. The second-order valence-electron chi connectivity index (χ2n) is 0.868. The van der Waals surface area contributed by atoms with E-state index in [0.717, 1.165) is 0 Å². The number of hydrogen-bond acceptors (Lipinski definition) is 3. The van der Waals surface area contributed by atoms with Gasteiger partial charge in [-0.15, -0.1) is 0 Å². The fourth-order valence-corrected chi connectivity index (χ4v) is 0.463. The molecule has 7 heavy (non-hydrogen) atoms. The van der Waals surface area contributed by atoms with E-state index in [2.05, 4.69) is 10.4 Å². The molecule has 0 aromatic rings. The van der Waals surface area contributed by atoms with Crippen LogP contribution >= 0.6 is 22.6 Å². The summed E-state index contributed by atoms with van der Waals surface area (Å²) in [5.74, 6) is 0. The molecule has 0 bridgehead atoms. The van der Waals surface area contributed by atoms with Crippen LogP contribution in [0.4, 0.5) is 0 Å². The molecule has 3 nitrogen and oxygen atoms in total. The molecule has 0 heterocycles. The molecule has 0 fully saturated rings. The molecule has 0 aliphatic rings. The molecule has 0 aromatic carbocycles. The summed E-state index contributed by atoms with van der Waals surface area (Å²) in [5, 5.41) is 5.85. The second-order valence-corrected chi connectivity index (χ2v) is 1.97. The van der Waals surface area contributed by atoms with Gasteiger partial charge in [0.2, 0.25) is 0 Å². The van der Waals surface area contributed by atoms with E-state index in [-0.39, 0.29) is 0 Å². The molecule has 0 saturated carbocycles. The van der Waals surface area contributed by atoms with Gasteiger partial charge in [0.25, 0.3) is 0 Å². The molecule has 0 rings (SSSR count).